The third-order valence-electron chi connectivity index (χ3n) is 2.10. The number of thioether (sulfide) groups is 1. The molecule has 1 rings (SSSR count). The summed E-state index contributed by atoms with van der Waals surface area (Å²) in [5.74, 6) is 6.79. The predicted molar refractivity (Wildman–Crippen MR) is 72.9 cm³/mol. The highest BCUT2D eigenvalue weighted by Gasteiger charge is 2.00. The lowest BCUT2D eigenvalue weighted by Crippen LogP contribution is -1.85. The Kier molecular flexibility index (Phi) is 6.29. The minimum atomic E-state index is 0.131. The van der Waals surface area contributed by atoms with Crippen molar-refractivity contribution >= 4 is 28.2 Å². The molecule has 0 saturated heterocycles. The molecule has 3 heteroatoms. The average molecular weight is 252 g/mol. The number of unbranched alkanes of at least 4 members (excludes halogenated alkanes) is 1. The van der Waals surface area contributed by atoms with Crippen LogP contribution in [-0.4, -0.2) is 10.9 Å². The summed E-state index contributed by atoms with van der Waals surface area (Å²) in [6, 6.07) is 2.16. The predicted octanol–water partition coefficient (Wildman–Crippen LogP) is 3.72. The van der Waals surface area contributed by atoms with Crippen LogP contribution in [0.25, 0.3) is 0 Å². The largest absolute Gasteiger partial charge is 0.288 e. The van der Waals surface area contributed by atoms with E-state index in [-0.39, 0.29) is 5.12 Å². The lowest BCUT2D eigenvalue weighted by molar-refractivity contribution is -0.109. The number of thiophene rings is 1. The second kappa shape index (κ2) is 7.54. The van der Waals surface area contributed by atoms with Gasteiger partial charge in [-0.25, -0.2) is 0 Å². The molecule has 0 aromatic carbocycles. The maximum Gasteiger partial charge on any atom is 0.186 e. The zero-order chi connectivity index (χ0) is 11.8. The molecule has 0 spiro atoms. The molecule has 1 aromatic rings. The Bertz CT molecular complexity index is 396. The molecule has 0 atom stereocenters. The van der Waals surface area contributed by atoms with Gasteiger partial charge in [-0.05, 0) is 29.9 Å². The molecule has 0 aliphatic rings. The summed E-state index contributed by atoms with van der Waals surface area (Å²) in [5.41, 5.74) is 1.35. The third kappa shape index (κ3) is 4.87. The van der Waals surface area contributed by atoms with Crippen LogP contribution in [0.15, 0.2) is 11.4 Å². The highest BCUT2D eigenvalue weighted by molar-refractivity contribution is 8.13. The number of rotatable bonds is 4. The molecule has 0 fully saturated rings. The van der Waals surface area contributed by atoms with E-state index >= 15 is 0 Å². The van der Waals surface area contributed by atoms with Gasteiger partial charge in [0.15, 0.2) is 5.12 Å². The first-order chi connectivity index (χ1) is 7.74. The maximum absolute atomic E-state index is 10.7. The van der Waals surface area contributed by atoms with Crippen LogP contribution in [0.4, 0.5) is 0 Å². The van der Waals surface area contributed by atoms with E-state index in [2.05, 4.69) is 30.2 Å². The van der Waals surface area contributed by atoms with Gasteiger partial charge in [-0.2, -0.15) is 0 Å². The molecule has 0 saturated carbocycles. The van der Waals surface area contributed by atoms with Crippen molar-refractivity contribution in [1.82, 2.24) is 0 Å². The molecule has 0 radical (unpaired) electrons. The molecule has 0 bridgehead atoms. The maximum atomic E-state index is 10.7. The quantitative estimate of drug-likeness (QED) is 0.760. The molecule has 0 unspecified atom stereocenters. The summed E-state index contributed by atoms with van der Waals surface area (Å²) in [6.07, 6.45) is 3.54. The van der Waals surface area contributed by atoms with E-state index in [0.29, 0.717) is 5.75 Å². The average Bonchev–Trinajstić information content (AvgIpc) is 2.69. The van der Waals surface area contributed by atoms with Crippen molar-refractivity contribution in [3.8, 4) is 11.8 Å². The van der Waals surface area contributed by atoms with Gasteiger partial charge in [-0.3, -0.25) is 4.79 Å². The zero-order valence-electron chi connectivity index (χ0n) is 9.71. The Morgan fingerprint density at radius 1 is 1.56 bits per heavy atom. The summed E-state index contributed by atoms with van der Waals surface area (Å²) < 4.78 is 0. The molecule has 1 heterocycles. The molecule has 1 aromatic heterocycles. The van der Waals surface area contributed by atoms with Crippen molar-refractivity contribution in [2.24, 2.45) is 0 Å². The van der Waals surface area contributed by atoms with Crippen LogP contribution in [0.3, 0.4) is 0 Å². The van der Waals surface area contributed by atoms with Gasteiger partial charge in [0, 0.05) is 6.92 Å². The SMILES string of the molecule is CCCCc1ccsc1C#CCSC(C)=O. The third-order valence-corrected chi connectivity index (χ3v) is 3.66. The Balaban J connectivity index is 2.52. The lowest BCUT2D eigenvalue weighted by atomic mass is 10.1. The van der Waals surface area contributed by atoms with Crippen LogP contribution in [0.5, 0.6) is 0 Å². The number of hydrogen-bond acceptors (Lipinski definition) is 3. The van der Waals surface area contributed by atoms with Crippen molar-refractivity contribution in [2.45, 2.75) is 33.1 Å². The Morgan fingerprint density at radius 3 is 3.06 bits per heavy atom. The highest BCUT2D eigenvalue weighted by Crippen LogP contribution is 2.17. The van der Waals surface area contributed by atoms with E-state index in [9.17, 15) is 4.79 Å². The highest BCUT2D eigenvalue weighted by atomic mass is 32.2. The molecule has 0 amide bonds. The number of aryl methyl sites for hydroxylation is 1. The van der Waals surface area contributed by atoms with E-state index in [0.717, 1.165) is 11.3 Å². The molecule has 86 valence electrons. The molecule has 0 aliphatic heterocycles. The normalized spacial score (nSPS) is 9.62. The van der Waals surface area contributed by atoms with Gasteiger partial charge >= 0.3 is 0 Å². The molecule has 0 aliphatic carbocycles. The fourth-order valence-corrected chi connectivity index (χ4v) is 2.43. The van der Waals surface area contributed by atoms with Crippen molar-refractivity contribution in [1.29, 1.82) is 0 Å². The van der Waals surface area contributed by atoms with E-state index in [1.54, 1.807) is 18.3 Å². The van der Waals surface area contributed by atoms with E-state index in [4.69, 9.17) is 0 Å². The fraction of sp³-hybridized carbons (Fsp3) is 0.462. The zero-order valence-corrected chi connectivity index (χ0v) is 11.3. The van der Waals surface area contributed by atoms with Crippen molar-refractivity contribution in [3.05, 3.63) is 21.9 Å². The van der Waals surface area contributed by atoms with Gasteiger partial charge in [0.05, 0.1) is 10.6 Å². The first-order valence-corrected chi connectivity index (χ1v) is 7.29. The van der Waals surface area contributed by atoms with Gasteiger partial charge < -0.3 is 0 Å². The van der Waals surface area contributed by atoms with Gasteiger partial charge in [0.25, 0.3) is 0 Å². The second-order valence-corrected chi connectivity index (χ2v) is 5.53. The smallest absolute Gasteiger partial charge is 0.186 e. The molecule has 16 heavy (non-hydrogen) atoms. The number of carbonyl (C=O) groups excluding carboxylic acids is 1. The van der Waals surface area contributed by atoms with E-state index < -0.39 is 0 Å². The molecular formula is C13H16OS2. The minimum absolute atomic E-state index is 0.131. The van der Waals surface area contributed by atoms with Crippen LogP contribution in [0, 0.1) is 11.8 Å². The standard InChI is InChI=1S/C13H16OS2/c1-3-4-6-12-8-10-16-13(12)7-5-9-15-11(2)14/h8,10H,3-4,6,9H2,1-2H3. The Labute approximate surface area is 106 Å². The van der Waals surface area contributed by atoms with E-state index in [1.807, 2.05) is 0 Å². The molecule has 1 nitrogen and oxygen atoms in total. The monoisotopic (exact) mass is 252 g/mol. The van der Waals surface area contributed by atoms with Crippen LogP contribution < -0.4 is 0 Å². The summed E-state index contributed by atoms with van der Waals surface area (Å²) in [4.78, 5) is 11.9. The van der Waals surface area contributed by atoms with Gasteiger partial charge in [0.1, 0.15) is 0 Å². The van der Waals surface area contributed by atoms with Crippen LogP contribution in [0.1, 0.15) is 37.1 Å². The first kappa shape index (κ1) is 13.3. The van der Waals surface area contributed by atoms with Crippen LogP contribution >= 0.6 is 23.1 Å². The minimum Gasteiger partial charge on any atom is -0.288 e. The summed E-state index contributed by atoms with van der Waals surface area (Å²) >= 11 is 2.96. The van der Waals surface area contributed by atoms with Crippen molar-refractivity contribution < 1.29 is 4.79 Å². The summed E-state index contributed by atoms with van der Waals surface area (Å²) in [5, 5.41) is 2.22. The van der Waals surface area contributed by atoms with Gasteiger partial charge in [-0.1, -0.05) is 36.9 Å². The number of carbonyl (C=O) groups is 1. The molecule has 0 N–H and O–H groups in total. The van der Waals surface area contributed by atoms with Crippen LogP contribution in [0.2, 0.25) is 0 Å². The van der Waals surface area contributed by atoms with Gasteiger partial charge in [-0.15, -0.1) is 11.3 Å². The topological polar surface area (TPSA) is 17.1 Å². The van der Waals surface area contributed by atoms with Crippen molar-refractivity contribution in [2.75, 3.05) is 5.75 Å². The van der Waals surface area contributed by atoms with Crippen molar-refractivity contribution in [3.63, 3.8) is 0 Å². The summed E-state index contributed by atoms with van der Waals surface area (Å²) in [7, 11) is 0. The van der Waals surface area contributed by atoms with Crippen LogP contribution in [-0.2, 0) is 11.2 Å². The number of hydrogen-bond donors (Lipinski definition) is 0. The Morgan fingerprint density at radius 2 is 2.38 bits per heavy atom. The first-order valence-electron chi connectivity index (χ1n) is 5.42. The second-order valence-electron chi connectivity index (χ2n) is 3.46. The fourth-order valence-electron chi connectivity index (χ4n) is 1.26. The Hall–Kier alpha value is -0.720. The lowest BCUT2D eigenvalue weighted by Gasteiger charge is -1.95. The van der Waals surface area contributed by atoms with E-state index in [1.165, 1.54) is 30.2 Å². The summed E-state index contributed by atoms with van der Waals surface area (Å²) in [6.45, 7) is 3.77. The van der Waals surface area contributed by atoms with Gasteiger partial charge in [0.2, 0.25) is 0 Å². The molecular weight excluding hydrogens is 236 g/mol.